The summed E-state index contributed by atoms with van der Waals surface area (Å²) >= 11 is 0. The maximum Gasteiger partial charge on any atom is 0.321 e. The molecule has 25 heavy (non-hydrogen) atoms. The van der Waals surface area contributed by atoms with E-state index < -0.39 is 6.04 Å². The van der Waals surface area contributed by atoms with E-state index in [-0.39, 0.29) is 24.0 Å². The monoisotopic (exact) mass is 345 g/mol. The largest absolute Gasteiger partial charge is 0.335 e. The molecule has 5 nitrogen and oxygen atoms in total. The highest BCUT2D eigenvalue weighted by Gasteiger charge is 2.23. The van der Waals surface area contributed by atoms with Gasteiger partial charge in [0.2, 0.25) is 5.91 Å². The molecule has 0 heterocycles. The molecule has 0 unspecified atom stereocenters. The Morgan fingerprint density at radius 3 is 2.24 bits per heavy atom. The Bertz CT molecular complexity index is 553. The van der Waals surface area contributed by atoms with Gasteiger partial charge in [-0.25, -0.2) is 4.79 Å². The molecule has 0 aromatic heterocycles. The lowest BCUT2D eigenvalue weighted by Gasteiger charge is -2.27. The topological polar surface area (TPSA) is 70.2 Å². The summed E-state index contributed by atoms with van der Waals surface area (Å²) in [4.78, 5) is 24.4. The van der Waals surface area contributed by atoms with Crippen molar-refractivity contribution in [2.75, 3.05) is 0 Å². The summed E-state index contributed by atoms with van der Waals surface area (Å²) in [7, 11) is 0. The Balaban J connectivity index is 1.86. The van der Waals surface area contributed by atoms with Crippen molar-refractivity contribution in [1.82, 2.24) is 16.0 Å². The molecular weight excluding hydrogens is 314 g/mol. The van der Waals surface area contributed by atoms with Crippen LogP contribution in [0.2, 0.25) is 0 Å². The minimum absolute atomic E-state index is 0.0587. The number of imide groups is 1. The van der Waals surface area contributed by atoms with Crippen LogP contribution in [-0.4, -0.2) is 24.0 Å². The van der Waals surface area contributed by atoms with Gasteiger partial charge in [0.15, 0.2) is 0 Å². The van der Waals surface area contributed by atoms with Gasteiger partial charge >= 0.3 is 6.03 Å². The summed E-state index contributed by atoms with van der Waals surface area (Å²) in [6, 6.07) is 9.49. The Morgan fingerprint density at radius 2 is 1.64 bits per heavy atom. The highest BCUT2D eigenvalue weighted by Crippen LogP contribution is 2.22. The predicted molar refractivity (Wildman–Crippen MR) is 100 cm³/mol. The summed E-state index contributed by atoms with van der Waals surface area (Å²) in [5.41, 5.74) is 1.14. The third-order valence-corrected chi connectivity index (χ3v) is 4.83. The smallest absolute Gasteiger partial charge is 0.321 e. The minimum atomic E-state index is -0.454. The molecule has 3 amide bonds. The molecule has 2 atom stereocenters. The number of hydrogen-bond donors (Lipinski definition) is 3. The van der Waals surface area contributed by atoms with Gasteiger partial charge in [-0.05, 0) is 31.2 Å². The normalized spacial score (nSPS) is 17.8. The quantitative estimate of drug-likeness (QED) is 0.739. The van der Waals surface area contributed by atoms with Crippen molar-refractivity contribution in [3.05, 3.63) is 35.9 Å². The molecule has 138 valence electrons. The van der Waals surface area contributed by atoms with E-state index in [1.54, 1.807) is 6.92 Å². The summed E-state index contributed by atoms with van der Waals surface area (Å²) < 4.78 is 0. The van der Waals surface area contributed by atoms with Gasteiger partial charge in [-0.1, -0.05) is 63.4 Å². The van der Waals surface area contributed by atoms with Gasteiger partial charge in [-0.2, -0.15) is 0 Å². The van der Waals surface area contributed by atoms with Crippen LogP contribution in [0, 0.1) is 5.92 Å². The van der Waals surface area contributed by atoms with E-state index in [2.05, 4.69) is 41.9 Å². The molecular formula is C20H31N3O2. The van der Waals surface area contributed by atoms with E-state index in [1.807, 2.05) is 18.2 Å². The maximum absolute atomic E-state index is 12.4. The zero-order valence-electron chi connectivity index (χ0n) is 15.5. The van der Waals surface area contributed by atoms with Gasteiger partial charge in [0.1, 0.15) is 0 Å². The van der Waals surface area contributed by atoms with E-state index >= 15 is 0 Å². The average Bonchev–Trinajstić information content (AvgIpc) is 2.60. The van der Waals surface area contributed by atoms with Crippen LogP contribution in [0.3, 0.4) is 0 Å². The third kappa shape index (κ3) is 6.16. The average molecular weight is 345 g/mol. The van der Waals surface area contributed by atoms with Gasteiger partial charge in [0.05, 0.1) is 6.04 Å². The second-order valence-electron chi connectivity index (χ2n) is 7.32. The van der Waals surface area contributed by atoms with Crippen molar-refractivity contribution >= 4 is 11.9 Å². The van der Waals surface area contributed by atoms with Crippen molar-refractivity contribution in [2.24, 2.45) is 5.92 Å². The number of amides is 3. The molecule has 0 saturated heterocycles. The van der Waals surface area contributed by atoms with Crippen molar-refractivity contribution in [3.63, 3.8) is 0 Å². The number of nitrogens with one attached hydrogen (secondary N) is 3. The van der Waals surface area contributed by atoms with E-state index in [4.69, 9.17) is 0 Å². The van der Waals surface area contributed by atoms with E-state index in [0.29, 0.717) is 5.92 Å². The first-order valence-corrected chi connectivity index (χ1v) is 9.39. The first-order valence-electron chi connectivity index (χ1n) is 9.39. The van der Waals surface area contributed by atoms with Crippen molar-refractivity contribution in [3.8, 4) is 0 Å². The summed E-state index contributed by atoms with van der Waals surface area (Å²) in [5.74, 6) is 0.0311. The van der Waals surface area contributed by atoms with Gasteiger partial charge in [-0.3, -0.25) is 15.4 Å². The minimum Gasteiger partial charge on any atom is -0.335 e. The van der Waals surface area contributed by atoms with E-state index in [0.717, 1.165) is 31.2 Å². The lowest BCUT2D eigenvalue weighted by Crippen LogP contribution is -2.51. The number of carbonyl (C=O) groups excluding carboxylic acids is 2. The van der Waals surface area contributed by atoms with Crippen LogP contribution in [-0.2, 0) is 4.79 Å². The van der Waals surface area contributed by atoms with Crippen LogP contribution in [0.4, 0.5) is 4.79 Å². The molecule has 1 aliphatic rings. The summed E-state index contributed by atoms with van der Waals surface area (Å²) in [6.07, 6.45) is 5.52. The van der Waals surface area contributed by atoms with Crippen LogP contribution in [0.15, 0.2) is 30.3 Å². The first-order chi connectivity index (χ1) is 12.0. The maximum atomic E-state index is 12.4. The van der Waals surface area contributed by atoms with E-state index in [9.17, 15) is 9.59 Å². The zero-order chi connectivity index (χ0) is 18.2. The van der Waals surface area contributed by atoms with Crippen LogP contribution >= 0.6 is 0 Å². The zero-order valence-corrected chi connectivity index (χ0v) is 15.5. The Labute approximate surface area is 151 Å². The number of hydrogen-bond acceptors (Lipinski definition) is 3. The summed E-state index contributed by atoms with van der Waals surface area (Å²) in [5, 5.41) is 8.73. The second-order valence-corrected chi connectivity index (χ2v) is 7.32. The van der Waals surface area contributed by atoms with Gasteiger partial charge < -0.3 is 5.32 Å². The molecule has 1 saturated carbocycles. The standard InChI is InChI=1S/C20H31N3O2/c1-14(2)18(16-10-6-4-7-11-16)21-15(3)19(24)23-20(25)22-17-12-8-5-9-13-17/h4,6-7,10-11,14-15,17-18,21H,5,8-9,12-13H2,1-3H3,(H2,22,23,24,25)/t15-,18-/m1/s1. The van der Waals surface area contributed by atoms with Crippen LogP contribution in [0.1, 0.15) is 64.5 Å². The fourth-order valence-corrected chi connectivity index (χ4v) is 3.37. The number of urea groups is 1. The number of carbonyl (C=O) groups is 2. The molecule has 1 aromatic carbocycles. The van der Waals surface area contributed by atoms with Crippen molar-refractivity contribution < 1.29 is 9.59 Å². The number of rotatable bonds is 6. The molecule has 5 heteroatoms. The highest BCUT2D eigenvalue weighted by atomic mass is 16.2. The van der Waals surface area contributed by atoms with Gasteiger partial charge in [0, 0.05) is 12.1 Å². The summed E-state index contributed by atoms with van der Waals surface area (Å²) in [6.45, 7) is 6.03. The van der Waals surface area contributed by atoms with Gasteiger partial charge in [-0.15, -0.1) is 0 Å². The SMILES string of the molecule is CC(C)[C@@H](N[C@H](C)C(=O)NC(=O)NC1CCCCC1)c1ccccc1. The van der Waals surface area contributed by atoms with Crippen LogP contribution < -0.4 is 16.0 Å². The van der Waals surface area contributed by atoms with Crippen molar-refractivity contribution in [1.29, 1.82) is 0 Å². The first kappa shape index (κ1) is 19.4. The van der Waals surface area contributed by atoms with Crippen LogP contribution in [0.25, 0.3) is 0 Å². The molecule has 0 radical (unpaired) electrons. The lowest BCUT2D eigenvalue weighted by atomic mass is 9.95. The van der Waals surface area contributed by atoms with Crippen LogP contribution in [0.5, 0.6) is 0 Å². The molecule has 0 aliphatic heterocycles. The Hall–Kier alpha value is -1.88. The third-order valence-electron chi connectivity index (χ3n) is 4.83. The molecule has 0 bridgehead atoms. The molecule has 1 aromatic rings. The molecule has 1 aliphatic carbocycles. The fourth-order valence-electron chi connectivity index (χ4n) is 3.37. The molecule has 0 spiro atoms. The van der Waals surface area contributed by atoms with E-state index in [1.165, 1.54) is 6.42 Å². The van der Waals surface area contributed by atoms with Gasteiger partial charge in [0.25, 0.3) is 0 Å². The predicted octanol–water partition coefficient (Wildman–Crippen LogP) is 3.52. The number of benzene rings is 1. The molecule has 1 fully saturated rings. The van der Waals surface area contributed by atoms with Crippen molar-refractivity contribution in [2.45, 2.75) is 71.0 Å². The molecule has 3 N–H and O–H groups in total. The lowest BCUT2D eigenvalue weighted by molar-refractivity contribution is -0.121. The second kappa shape index (κ2) is 9.56. The fraction of sp³-hybridized carbons (Fsp3) is 0.600. The Morgan fingerprint density at radius 1 is 1.00 bits per heavy atom. The highest BCUT2D eigenvalue weighted by molar-refractivity contribution is 5.96. The molecule has 2 rings (SSSR count). The Kier molecular flexibility index (Phi) is 7.44.